The molecule has 188 valence electrons. The molecule has 0 spiro atoms. The fraction of sp³-hybridized carbons (Fsp3) is 0.333. The lowest BCUT2D eigenvalue weighted by Crippen LogP contribution is -2.34. The third kappa shape index (κ3) is 5.79. The molecule has 0 atom stereocenters. The summed E-state index contributed by atoms with van der Waals surface area (Å²) in [4.78, 5) is 33.9. The number of halogens is 1. The van der Waals surface area contributed by atoms with Gasteiger partial charge in [0, 0.05) is 25.2 Å². The molecule has 0 unspecified atom stereocenters. The largest absolute Gasteiger partial charge is 0.504 e. The molecule has 1 aliphatic rings. The van der Waals surface area contributed by atoms with Crippen LogP contribution >= 0.6 is 0 Å². The molecule has 1 fully saturated rings. The molecule has 1 aliphatic heterocycles. The van der Waals surface area contributed by atoms with Crippen molar-refractivity contribution in [2.75, 3.05) is 24.5 Å². The number of rotatable bonds is 7. The summed E-state index contributed by atoms with van der Waals surface area (Å²) in [6, 6.07) is 12.9. The third-order valence-corrected chi connectivity index (χ3v) is 6.54. The molecule has 2 aromatic carbocycles. The highest BCUT2D eigenvalue weighted by molar-refractivity contribution is 5.96. The fourth-order valence-corrected chi connectivity index (χ4v) is 4.57. The number of hydrogen-bond donors (Lipinski definition) is 3. The van der Waals surface area contributed by atoms with E-state index in [9.17, 15) is 19.1 Å². The Balaban J connectivity index is 1.39. The van der Waals surface area contributed by atoms with Crippen molar-refractivity contribution < 1.29 is 24.2 Å². The number of aliphatic carboxylic acids is 1. The number of piperidine rings is 1. The Morgan fingerprint density at radius 1 is 1.08 bits per heavy atom. The van der Waals surface area contributed by atoms with Gasteiger partial charge in [0.05, 0.1) is 5.69 Å². The lowest BCUT2D eigenvalue weighted by molar-refractivity contribution is -0.135. The van der Waals surface area contributed by atoms with Gasteiger partial charge in [0.2, 0.25) is 0 Å². The van der Waals surface area contributed by atoms with Crippen LogP contribution in [-0.4, -0.2) is 51.7 Å². The second-order valence-corrected chi connectivity index (χ2v) is 9.14. The summed E-state index contributed by atoms with van der Waals surface area (Å²) < 4.78 is 13.3. The molecule has 8 nitrogen and oxygen atoms in total. The van der Waals surface area contributed by atoms with Crippen LogP contribution in [0.3, 0.4) is 0 Å². The summed E-state index contributed by atoms with van der Waals surface area (Å²) in [5.74, 6) is -1.72. The summed E-state index contributed by atoms with van der Waals surface area (Å²) >= 11 is 0. The van der Waals surface area contributed by atoms with Gasteiger partial charge < -0.3 is 20.4 Å². The lowest BCUT2D eigenvalue weighted by atomic mass is 9.92. The van der Waals surface area contributed by atoms with E-state index in [-0.39, 0.29) is 23.0 Å². The minimum absolute atomic E-state index is 0.201. The number of aromatic nitrogens is 2. The number of nitrogens with one attached hydrogen (secondary N) is 1. The first kappa shape index (κ1) is 25.1. The molecule has 2 heterocycles. The Morgan fingerprint density at radius 3 is 2.42 bits per heavy atom. The van der Waals surface area contributed by atoms with E-state index in [0.29, 0.717) is 18.2 Å². The zero-order valence-electron chi connectivity index (χ0n) is 20.3. The van der Waals surface area contributed by atoms with Crippen molar-refractivity contribution in [1.29, 1.82) is 0 Å². The Kier molecular flexibility index (Phi) is 7.47. The van der Waals surface area contributed by atoms with E-state index in [1.807, 2.05) is 0 Å². The van der Waals surface area contributed by atoms with Crippen LogP contribution in [0.4, 0.5) is 10.1 Å². The van der Waals surface area contributed by atoms with Crippen molar-refractivity contribution in [3.8, 4) is 16.9 Å². The van der Waals surface area contributed by atoms with Gasteiger partial charge in [0.15, 0.2) is 11.4 Å². The van der Waals surface area contributed by atoms with Crippen LogP contribution in [0.15, 0.2) is 42.5 Å². The van der Waals surface area contributed by atoms with E-state index in [1.54, 1.807) is 19.1 Å². The zero-order chi connectivity index (χ0) is 25.8. The molecule has 0 bridgehead atoms. The van der Waals surface area contributed by atoms with E-state index < -0.39 is 18.4 Å². The van der Waals surface area contributed by atoms with Crippen LogP contribution in [0.2, 0.25) is 0 Å². The lowest BCUT2D eigenvalue weighted by Gasteiger charge is -2.34. The van der Waals surface area contributed by atoms with Gasteiger partial charge in [-0.3, -0.25) is 9.59 Å². The molecule has 0 radical (unpaired) electrons. The quantitative estimate of drug-likeness (QED) is 0.458. The molecule has 3 aromatic rings. The molecule has 36 heavy (non-hydrogen) atoms. The first-order valence-corrected chi connectivity index (χ1v) is 11.9. The van der Waals surface area contributed by atoms with Gasteiger partial charge in [0.1, 0.15) is 18.2 Å². The van der Waals surface area contributed by atoms with Gasteiger partial charge in [-0.05, 0) is 73.6 Å². The third-order valence-electron chi connectivity index (χ3n) is 6.54. The molecule has 0 aliphatic carbocycles. The molecule has 9 heteroatoms. The Hall–Kier alpha value is -4.01. The second kappa shape index (κ2) is 10.7. The molecule has 1 amide bonds. The number of carboxylic acid groups (broad SMARTS) is 1. The van der Waals surface area contributed by atoms with Crippen molar-refractivity contribution in [3.05, 3.63) is 71.1 Å². The zero-order valence-corrected chi connectivity index (χ0v) is 20.3. The predicted molar refractivity (Wildman–Crippen MR) is 134 cm³/mol. The number of nitrogens with zero attached hydrogens (tertiary/aromatic N) is 3. The number of hydrogen-bond acceptors (Lipinski definition) is 6. The number of carbonyl (C=O) groups excluding carboxylic acids is 1. The van der Waals surface area contributed by atoms with E-state index >= 15 is 0 Å². The molecular weight excluding hydrogens is 463 g/mol. The number of carboxylic acids is 1. The van der Waals surface area contributed by atoms with Crippen LogP contribution in [0.1, 0.15) is 40.4 Å². The van der Waals surface area contributed by atoms with Crippen LogP contribution in [0.5, 0.6) is 5.75 Å². The van der Waals surface area contributed by atoms with Crippen molar-refractivity contribution in [2.24, 2.45) is 5.92 Å². The maximum absolute atomic E-state index is 13.3. The highest BCUT2D eigenvalue weighted by Crippen LogP contribution is 2.31. The first-order valence-electron chi connectivity index (χ1n) is 11.9. The van der Waals surface area contributed by atoms with Gasteiger partial charge >= 0.3 is 5.97 Å². The smallest absolute Gasteiger partial charge is 0.322 e. The second-order valence-electron chi connectivity index (χ2n) is 9.14. The molecule has 0 saturated carbocycles. The van der Waals surface area contributed by atoms with Gasteiger partial charge in [-0.1, -0.05) is 18.2 Å². The summed E-state index contributed by atoms with van der Waals surface area (Å²) in [6.45, 7) is 4.82. The minimum atomic E-state index is -1.18. The van der Waals surface area contributed by atoms with Gasteiger partial charge in [-0.15, -0.1) is 0 Å². The van der Waals surface area contributed by atoms with Crippen molar-refractivity contribution in [1.82, 2.24) is 15.3 Å². The summed E-state index contributed by atoms with van der Waals surface area (Å²) in [5.41, 5.74) is 4.42. The molecule has 1 aromatic heterocycles. The highest BCUT2D eigenvalue weighted by atomic mass is 19.1. The number of anilines is 1. The normalized spacial score (nSPS) is 14.0. The van der Waals surface area contributed by atoms with E-state index in [2.05, 4.69) is 45.3 Å². The summed E-state index contributed by atoms with van der Waals surface area (Å²) in [7, 11) is 0. The molecule has 3 N–H and O–H groups in total. The molecular formula is C27H29FN4O4. The van der Waals surface area contributed by atoms with Gasteiger partial charge in [-0.25, -0.2) is 14.4 Å². The number of aromatic hydroxyl groups is 1. The van der Waals surface area contributed by atoms with E-state index in [0.717, 1.165) is 48.3 Å². The van der Waals surface area contributed by atoms with Crippen molar-refractivity contribution in [3.63, 3.8) is 0 Å². The fourth-order valence-electron chi connectivity index (χ4n) is 4.57. The maximum atomic E-state index is 13.3. The summed E-state index contributed by atoms with van der Waals surface area (Å²) in [6.07, 6.45) is 2.40. The monoisotopic (exact) mass is 492 g/mol. The maximum Gasteiger partial charge on any atom is 0.322 e. The summed E-state index contributed by atoms with van der Waals surface area (Å²) in [5, 5.41) is 21.2. The van der Waals surface area contributed by atoms with Crippen LogP contribution in [0.25, 0.3) is 11.1 Å². The van der Waals surface area contributed by atoms with E-state index in [1.165, 1.54) is 12.1 Å². The highest BCUT2D eigenvalue weighted by Gasteiger charge is 2.24. The topological polar surface area (TPSA) is 116 Å². The van der Waals surface area contributed by atoms with Crippen molar-refractivity contribution >= 4 is 17.6 Å². The number of aryl methyl sites for hydroxylation is 2. The molecule has 4 rings (SSSR count). The van der Waals surface area contributed by atoms with Gasteiger partial charge in [0.25, 0.3) is 5.91 Å². The Bertz CT molecular complexity index is 1270. The van der Waals surface area contributed by atoms with Crippen LogP contribution in [0, 0.1) is 25.6 Å². The minimum Gasteiger partial charge on any atom is -0.504 e. The average Bonchev–Trinajstić information content (AvgIpc) is 2.85. The molecule has 1 saturated heterocycles. The Morgan fingerprint density at radius 2 is 1.78 bits per heavy atom. The van der Waals surface area contributed by atoms with E-state index in [4.69, 9.17) is 5.11 Å². The number of amides is 1. The van der Waals surface area contributed by atoms with Crippen LogP contribution in [-0.2, 0) is 11.2 Å². The SMILES string of the molecule is Cc1cc(N2CCC(Cc3nc(C)c(O)c(C(=O)NCC(=O)O)n3)CC2)ccc1-c1ccc(F)cc1. The Labute approximate surface area is 208 Å². The number of benzene rings is 2. The van der Waals surface area contributed by atoms with Crippen LogP contribution < -0.4 is 10.2 Å². The first-order chi connectivity index (χ1) is 17.2. The standard InChI is InChI=1S/C27H29FN4O4/c1-16-13-21(7-8-22(16)19-3-5-20(28)6-4-19)32-11-9-18(10-12-32)14-23-30-17(2)26(35)25(31-23)27(36)29-15-24(33)34/h3-8,13,18,35H,9-12,14-15H2,1-2H3,(H,29,36)(H,33,34). The van der Waals surface area contributed by atoms with Crippen molar-refractivity contribution in [2.45, 2.75) is 33.1 Å². The number of carbonyl (C=O) groups is 2. The average molecular weight is 493 g/mol. The van der Waals surface area contributed by atoms with Gasteiger partial charge in [-0.2, -0.15) is 0 Å². The predicted octanol–water partition coefficient (Wildman–Crippen LogP) is 3.88.